The summed E-state index contributed by atoms with van der Waals surface area (Å²) >= 11 is 0. The van der Waals surface area contributed by atoms with Crippen LogP contribution in [0.3, 0.4) is 0 Å². The van der Waals surface area contributed by atoms with Crippen LogP contribution in [0.4, 0.5) is 0 Å². The van der Waals surface area contributed by atoms with Crippen LogP contribution in [-0.4, -0.2) is 92.0 Å². The van der Waals surface area contributed by atoms with E-state index < -0.39 is 10.0 Å². The molecule has 0 bridgehead atoms. The van der Waals surface area contributed by atoms with Crippen LogP contribution in [0.5, 0.6) is 0 Å². The van der Waals surface area contributed by atoms with E-state index >= 15 is 0 Å². The highest BCUT2D eigenvalue weighted by Gasteiger charge is 2.33. The number of hydrogen-bond acceptors (Lipinski definition) is 6. The molecule has 0 atom stereocenters. The monoisotopic (exact) mass is 566 g/mol. The predicted octanol–water partition coefficient (Wildman–Crippen LogP) is 1.58. The topological polar surface area (TPSA) is 94.3 Å². The van der Waals surface area contributed by atoms with Gasteiger partial charge in [-0.2, -0.15) is 4.31 Å². The Bertz CT molecular complexity index is 803. The molecule has 2 heterocycles. The molecule has 1 aromatic rings. The van der Waals surface area contributed by atoms with Gasteiger partial charge in [-0.05, 0) is 38.5 Å². The lowest BCUT2D eigenvalue weighted by Gasteiger charge is -2.35. The standard InChI is InChI=1S/C20H34N6O3S.HI/c1-2-21-20(22-8-9-25(19-5-6-19)15-17-3-4-17)24-10-12-26(13-11-24)30(27,28)16-18-7-14-29-23-18;/h7,14,17,19H,2-6,8-13,15-16H2,1H3,(H,21,22);1H. The van der Waals surface area contributed by atoms with Crippen molar-refractivity contribution < 1.29 is 12.9 Å². The maximum absolute atomic E-state index is 12.6. The van der Waals surface area contributed by atoms with E-state index in [1.807, 2.05) is 0 Å². The number of sulfonamides is 1. The molecule has 0 amide bonds. The van der Waals surface area contributed by atoms with Gasteiger partial charge in [-0.25, -0.2) is 8.42 Å². The second-order valence-corrected chi connectivity index (χ2v) is 10.5. The van der Waals surface area contributed by atoms with E-state index in [-0.39, 0.29) is 29.7 Å². The van der Waals surface area contributed by atoms with Crippen molar-refractivity contribution in [2.45, 2.75) is 44.4 Å². The molecular formula is C20H35IN6O3S. The van der Waals surface area contributed by atoms with Crippen LogP contribution < -0.4 is 5.32 Å². The number of aliphatic imine (C=N–C) groups is 1. The van der Waals surface area contributed by atoms with Crippen LogP contribution in [0.2, 0.25) is 0 Å². The summed E-state index contributed by atoms with van der Waals surface area (Å²) in [7, 11) is -3.39. The van der Waals surface area contributed by atoms with Crippen molar-refractivity contribution in [3.05, 3.63) is 18.0 Å². The van der Waals surface area contributed by atoms with Gasteiger partial charge in [0, 0.05) is 57.9 Å². The van der Waals surface area contributed by atoms with E-state index in [0.29, 0.717) is 31.9 Å². The Morgan fingerprint density at radius 3 is 2.58 bits per heavy atom. The molecule has 9 nitrogen and oxygen atoms in total. The fraction of sp³-hybridized carbons (Fsp3) is 0.800. The van der Waals surface area contributed by atoms with Gasteiger partial charge >= 0.3 is 0 Å². The molecular weight excluding hydrogens is 531 g/mol. The second kappa shape index (κ2) is 11.3. The number of rotatable bonds is 10. The third-order valence-corrected chi connectivity index (χ3v) is 7.80. The number of nitrogens with one attached hydrogen (secondary N) is 1. The average Bonchev–Trinajstić information content (AvgIpc) is 3.66. The largest absolute Gasteiger partial charge is 0.364 e. The van der Waals surface area contributed by atoms with Gasteiger partial charge < -0.3 is 14.7 Å². The highest BCUT2D eigenvalue weighted by Crippen LogP contribution is 2.34. The molecule has 2 saturated carbocycles. The zero-order chi connectivity index (χ0) is 21.0. The molecule has 0 aromatic carbocycles. The van der Waals surface area contributed by atoms with E-state index in [1.54, 1.807) is 10.4 Å². The number of nitrogens with zero attached hydrogens (tertiary/aromatic N) is 5. The number of guanidine groups is 1. The lowest BCUT2D eigenvalue weighted by atomic mass is 10.3. The van der Waals surface area contributed by atoms with Gasteiger partial charge in [0.1, 0.15) is 12.0 Å². The Morgan fingerprint density at radius 2 is 2.00 bits per heavy atom. The van der Waals surface area contributed by atoms with Crippen LogP contribution in [0.1, 0.15) is 38.3 Å². The third-order valence-electron chi connectivity index (χ3n) is 5.99. The van der Waals surface area contributed by atoms with Gasteiger partial charge in [0.05, 0.1) is 12.2 Å². The van der Waals surface area contributed by atoms with Gasteiger partial charge in [-0.3, -0.25) is 9.89 Å². The van der Waals surface area contributed by atoms with Crippen molar-refractivity contribution in [1.82, 2.24) is 24.6 Å². The normalized spacial score (nSPS) is 20.7. The lowest BCUT2D eigenvalue weighted by molar-refractivity contribution is 0.252. The first-order valence-electron chi connectivity index (χ1n) is 11.2. The quantitative estimate of drug-likeness (QED) is 0.261. The molecule has 1 aliphatic heterocycles. The Balaban J connectivity index is 0.00000272. The molecule has 3 aliphatic rings. The van der Waals surface area contributed by atoms with E-state index in [0.717, 1.165) is 37.6 Å². The number of aromatic nitrogens is 1. The van der Waals surface area contributed by atoms with Crippen LogP contribution in [-0.2, 0) is 15.8 Å². The maximum Gasteiger partial charge on any atom is 0.220 e. The molecule has 0 unspecified atom stereocenters. The van der Waals surface area contributed by atoms with E-state index in [2.05, 4.69) is 27.2 Å². The first kappa shape index (κ1) is 24.7. The number of piperazine rings is 1. The van der Waals surface area contributed by atoms with E-state index in [1.165, 1.54) is 38.5 Å². The minimum absolute atomic E-state index is 0. The highest BCUT2D eigenvalue weighted by atomic mass is 127. The summed E-state index contributed by atoms with van der Waals surface area (Å²) in [6.45, 7) is 8.10. The molecule has 176 valence electrons. The molecule has 11 heteroatoms. The fourth-order valence-corrected chi connectivity index (χ4v) is 5.40. The molecule has 4 rings (SSSR count). The summed E-state index contributed by atoms with van der Waals surface area (Å²) in [5, 5.41) is 7.11. The molecule has 1 aromatic heterocycles. The summed E-state index contributed by atoms with van der Waals surface area (Å²) in [5.41, 5.74) is 0.443. The zero-order valence-corrected chi connectivity index (χ0v) is 21.4. The smallest absolute Gasteiger partial charge is 0.220 e. The van der Waals surface area contributed by atoms with Crippen molar-refractivity contribution >= 4 is 40.0 Å². The molecule has 2 aliphatic carbocycles. The van der Waals surface area contributed by atoms with Crippen molar-refractivity contribution in [3.8, 4) is 0 Å². The Kier molecular flexibility index (Phi) is 9.00. The van der Waals surface area contributed by atoms with Gasteiger partial charge in [0.25, 0.3) is 0 Å². The summed E-state index contributed by atoms with van der Waals surface area (Å²) < 4.78 is 31.6. The Labute approximate surface area is 202 Å². The molecule has 0 radical (unpaired) electrons. The minimum Gasteiger partial charge on any atom is -0.364 e. The van der Waals surface area contributed by atoms with Crippen molar-refractivity contribution in [3.63, 3.8) is 0 Å². The lowest BCUT2D eigenvalue weighted by Crippen LogP contribution is -2.54. The van der Waals surface area contributed by atoms with Crippen LogP contribution in [0.25, 0.3) is 0 Å². The number of halogens is 1. The van der Waals surface area contributed by atoms with Gasteiger partial charge in [0.15, 0.2) is 5.96 Å². The average molecular weight is 567 g/mol. The Morgan fingerprint density at radius 1 is 1.26 bits per heavy atom. The third kappa shape index (κ3) is 7.29. The highest BCUT2D eigenvalue weighted by molar-refractivity contribution is 14.0. The van der Waals surface area contributed by atoms with Crippen LogP contribution in [0.15, 0.2) is 21.8 Å². The maximum atomic E-state index is 12.6. The van der Waals surface area contributed by atoms with E-state index in [9.17, 15) is 8.42 Å². The Hall–Kier alpha value is -0.920. The fourth-order valence-electron chi connectivity index (χ4n) is 3.97. The zero-order valence-electron chi connectivity index (χ0n) is 18.3. The summed E-state index contributed by atoms with van der Waals surface area (Å²) in [4.78, 5) is 9.66. The summed E-state index contributed by atoms with van der Waals surface area (Å²) in [6.07, 6.45) is 6.84. The molecule has 1 saturated heterocycles. The van der Waals surface area contributed by atoms with Crippen molar-refractivity contribution in [1.29, 1.82) is 0 Å². The molecule has 3 fully saturated rings. The van der Waals surface area contributed by atoms with Gasteiger partial charge in [0.2, 0.25) is 10.0 Å². The molecule has 1 N–H and O–H groups in total. The summed E-state index contributed by atoms with van der Waals surface area (Å²) in [6, 6.07) is 2.37. The van der Waals surface area contributed by atoms with Crippen LogP contribution >= 0.6 is 24.0 Å². The number of hydrogen-bond donors (Lipinski definition) is 1. The van der Waals surface area contributed by atoms with E-state index in [4.69, 9.17) is 9.52 Å². The summed E-state index contributed by atoms with van der Waals surface area (Å²) in [5.74, 6) is 1.69. The van der Waals surface area contributed by atoms with Crippen LogP contribution in [0, 0.1) is 5.92 Å². The van der Waals surface area contributed by atoms with Gasteiger partial charge in [-0.1, -0.05) is 5.16 Å². The first-order chi connectivity index (χ1) is 14.5. The molecule has 31 heavy (non-hydrogen) atoms. The predicted molar refractivity (Wildman–Crippen MR) is 131 cm³/mol. The first-order valence-corrected chi connectivity index (χ1v) is 12.8. The van der Waals surface area contributed by atoms with Gasteiger partial charge in [-0.15, -0.1) is 24.0 Å². The minimum atomic E-state index is -3.39. The van der Waals surface area contributed by atoms with Crippen molar-refractivity contribution in [2.24, 2.45) is 10.9 Å². The van der Waals surface area contributed by atoms with Crippen molar-refractivity contribution in [2.75, 3.05) is 52.4 Å². The molecule has 0 spiro atoms. The second-order valence-electron chi connectivity index (χ2n) is 8.54. The SMILES string of the molecule is CCNC(=NCCN(CC1CC1)C1CC1)N1CCN(S(=O)(=O)Cc2ccon2)CC1.I.